The summed E-state index contributed by atoms with van der Waals surface area (Å²) in [4.78, 5) is 0. The van der Waals surface area contributed by atoms with Crippen LogP contribution in [0.25, 0.3) is 22.0 Å². The molecule has 0 aliphatic carbocycles. The highest BCUT2D eigenvalue weighted by Crippen LogP contribution is 2.31. The summed E-state index contributed by atoms with van der Waals surface area (Å²) in [5.41, 5.74) is 2.28. The van der Waals surface area contributed by atoms with E-state index in [0.717, 1.165) is 28.7 Å². The Hall–Kier alpha value is -3.42. The Morgan fingerprint density at radius 3 is 2.50 bits per heavy atom. The predicted octanol–water partition coefficient (Wildman–Crippen LogP) is 4.78. The zero-order chi connectivity index (χ0) is 18.1. The number of nitrogens with zero attached hydrogens (tertiary/aromatic N) is 3. The molecule has 0 radical (unpaired) electrons. The zero-order valence-electron chi connectivity index (χ0n) is 13.2. The molecule has 0 spiro atoms. The summed E-state index contributed by atoms with van der Waals surface area (Å²) in [6, 6.07) is 12.3. The maximum Gasteiger partial charge on any atom is 0.416 e. The highest BCUT2D eigenvalue weighted by molar-refractivity contribution is 5.92. The summed E-state index contributed by atoms with van der Waals surface area (Å²) >= 11 is 0. The van der Waals surface area contributed by atoms with E-state index in [2.05, 4.69) is 25.7 Å². The minimum Gasteiger partial charge on any atom is -0.338 e. The fraction of sp³-hybridized carbons (Fsp3) is 0.0556. The van der Waals surface area contributed by atoms with Crippen molar-refractivity contribution in [2.75, 3.05) is 5.32 Å². The van der Waals surface area contributed by atoms with Crippen molar-refractivity contribution in [1.82, 2.24) is 20.4 Å². The van der Waals surface area contributed by atoms with Crippen molar-refractivity contribution < 1.29 is 13.2 Å². The zero-order valence-corrected chi connectivity index (χ0v) is 13.2. The van der Waals surface area contributed by atoms with Crippen LogP contribution >= 0.6 is 0 Å². The van der Waals surface area contributed by atoms with Gasteiger partial charge in [-0.3, -0.25) is 5.10 Å². The normalized spacial score (nSPS) is 11.7. The lowest BCUT2D eigenvalue weighted by molar-refractivity contribution is -0.137. The molecule has 2 heterocycles. The van der Waals surface area contributed by atoms with Crippen LogP contribution in [-0.2, 0) is 6.18 Å². The number of H-pyrrole nitrogens is 1. The molecule has 4 aromatic rings. The van der Waals surface area contributed by atoms with E-state index in [1.165, 1.54) is 18.3 Å². The first-order valence-electron chi connectivity index (χ1n) is 7.70. The van der Waals surface area contributed by atoms with E-state index >= 15 is 0 Å². The molecule has 0 fully saturated rings. The molecule has 5 nitrogen and oxygen atoms in total. The number of alkyl halides is 3. The SMILES string of the molecule is FC(F)(F)c1ccc(-c2cnnc(Nc3cccc4[nH]ncc34)c2)cc1. The van der Waals surface area contributed by atoms with Crippen molar-refractivity contribution in [3.63, 3.8) is 0 Å². The summed E-state index contributed by atoms with van der Waals surface area (Å²) in [5, 5.41) is 18.9. The Bertz CT molecular complexity index is 1050. The molecule has 0 saturated heterocycles. The van der Waals surface area contributed by atoms with E-state index in [0.29, 0.717) is 16.9 Å². The topological polar surface area (TPSA) is 66.5 Å². The summed E-state index contributed by atoms with van der Waals surface area (Å²) in [6.45, 7) is 0. The van der Waals surface area contributed by atoms with E-state index in [4.69, 9.17) is 0 Å². The first-order chi connectivity index (χ1) is 12.5. The number of anilines is 2. The van der Waals surface area contributed by atoms with Gasteiger partial charge in [0.15, 0.2) is 5.82 Å². The number of rotatable bonds is 3. The van der Waals surface area contributed by atoms with Gasteiger partial charge in [-0.05, 0) is 35.9 Å². The lowest BCUT2D eigenvalue weighted by Crippen LogP contribution is -2.04. The quantitative estimate of drug-likeness (QED) is 0.555. The van der Waals surface area contributed by atoms with Crippen molar-refractivity contribution in [1.29, 1.82) is 0 Å². The third-order valence-corrected chi connectivity index (χ3v) is 3.95. The molecular weight excluding hydrogens is 343 g/mol. The summed E-state index contributed by atoms with van der Waals surface area (Å²) < 4.78 is 38.1. The second-order valence-electron chi connectivity index (χ2n) is 5.67. The third kappa shape index (κ3) is 3.08. The maximum absolute atomic E-state index is 12.7. The Kier molecular flexibility index (Phi) is 3.80. The van der Waals surface area contributed by atoms with Gasteiger partial charge >= 0.3 is 6.18 Å². The summed E-state index contributed by atoms with van der Waals surface area (Å²) in [6.07, 6.45) is -1.15. The summed E-state index contributed by atoms with van der Waals surface area (Å²) in [5.74, 6) is 0.482. The van der Waals surface area contributed by atoms with Gasteiger partial charge < -0.3 is 5.32 Å². The second kappa shape index (κ2) is 6.14. The van der Waals surface area contributed by atoms with Gasteiger partial charge in [0, 0.05) is 10.9 Å². The standard InChI is InChI=1S/C18H12F3N5/c19-18(20,21)13-6-4-11(5-7-13)12-8-17(26-22-9-12)24-15-2-1-3-16-14(15)10-23-25-16/h1-10H,(H,23,25)(H,24,26). The molecule has 0 bridgehead atoms. The molecule has 130 valence electrons. The van der Waals surface area contributed by atoms with Gasteiger partial charge in [-0.1, -0.05) is 18.2 Å². The number of aromatic nitrogens is 4. The van der Waals surface area contributed by atoms with Crippen LogP contribution in [0.1, 0.15) is 5.56 Å². The van der Waals surface area contributed by atoms with Gasteiger partial charge in [0.2, 0.25) is 0 Å². The molecule has 0 aliphatic heterocycles. The minimum atomic E-state index is -4.36. The fourth-order valence-electron chi connectivity index (χ4n) is 2.65. The Morgan fingerprint density at radius 1 is 0.923 bits per heavy atom. The van der Waals surface area contributed by atoms with Gasteiger partial charge in [0.05, 0.1) is 29.2 Å². The molecule has 2 aromatic heterocycles. The highest BCUT2D eigenvalue weighted by Gasteiger charge is 2.29. The molecule has 8 heteroatoms. The maximum atomic E-state index is 12.7. The van der Waals surface area contributed by atoms with E-state index in [-0.39, 0.29) is 0 Å². The molecule has 26 heavy (non-hydrogen) atoms. The average Bonchev–Trinajstić information content (AvgIpc) is 3.11. The van der Waals surface area contributed by atoms with E-state index < -0.39 is 11.7 Å². The number of nitrogens with one attached hydrogen (secondary N) is 2. The molecule has 0 unspecified atom stereocenters. The lowest BCUT2D eigenvalue weighted by Gasteiger charge is -2.09. The van der Waals surface area contributed by atoms with Crippen molar-refractivity contribution in [2.24, 2.45) is 0 Å². The number of aromatic amines is 1. The molecular formula is C18H12F3N5. The first kappa shape index (κ1) is 16.1. The predicted molar refractivity (Wildman–Crippen MR) is 91.8 cm³/mol. The van der Waals surface area contributed by atoms with Crippen LogP contribution in [0.5, 0.6) is 0 Å². The van der Waals surface area contributed by atoms with Crippen LogP contribution in [0.3, 0.4) is 0 Å². The smallest absolute Gasteiger partial charge is 0.338 e. The van der Waals surface area contributed by atoms with Gasteiger partial charge in [-0.2, -0.15) is 23.4 Å². The van der Waals surface area contributed by atoms with Crippen LogP contribution in [0.4, 0.5) is 24.7 Å². The molecule has 0 atom stereocenters. The molecule has 0 aliphatic rings. The van der Waals surface area contributed by atoms with Gasteiger partial charge in [0.1, 0.15) is 0 Å². The summed E-state index contributed by atoms with van der Waals surface area (Å²) in [7, 11) is 0. The largest absolute Gasteiger partial charge is 0.416 e. The number of hydrogen-bond acceptors (Lipinski definition) is 4. The van der Waals surface area contributed by atoms with Crippen molar-refractivity contribution in [3.05, 3.63) is 66.5 Å². The van der Waals surface area contributed by atoms with E-state index in [1.54, 1.807) is 12.3 Å². The van der Waals surface area contributed by atoms with Crippen LogP contribution in [0, 0.1) is 0 Å². The van der Waals surface area contributed by atoms with Crippen LogP contribution in [0.15, 0.2) is 60.9 Å². The first-order valence-corrected chi connectivity index (χ1v) is 7.70. The monoisotopic (exact) mass is 355 g/mol. The van der Waals surface area contributed by atoms with Crippen LogP contribution in [0.2, 0.25) is 0 Å². The Labute approximate surface area is 145 Å². The van der Waals surface area contributed by atoms with Gasteiger partial charge in [-0.15, -0.1) is 5.10 Å². The van der Waals surface area contributed by atoms with Crippen molar-refractivity contribution in [3.8, 4) is 11.1 Å². The minimum absolute atomic E-state index is 0.482. The lowest BCUT2D eigenvalue weighted by atomic mass is 10.1. The number of fused-ring (bicyclic) bond motifs is 1. The Morgan fingerprint density at radius 2 is 1.73 bits per heavy atom. The number of hydrogen-bond donors (Lipinski definition) is 2. The fourth-order valence-corrected chi connectivity index (χ4v) is 2.65. The van der Waals surface area contributed by atoms with Crippen LogP contribution < -0.4 is 5.32 Å². The van der Waals surface area contributed by atoms with Crippen molar-refractivity contribution >= 4 is 22.4 Å². The molecule has 2 aromatic carbocycles. The molecule has 0 saturated carbocycles. The number of halogens is 3. The Balaban J connectivity index is 1.64. The molecule has 4 rings (SSSR count). The highest BCUT2D eigenvalue weighted by atomic mass is 19.4. The van der Waals surface area contributed by atoms with Gasteiger partial charge in [0.25, 0.3) is 0 Å². The third-order valence-electron chi connectivity index (χ3n) is 3.95. The van der Waals surface area contributed by atoms with Crippen molar-refractivity contribution in [2.45, 2.75) is 6.18 Å². The second-order valence-corrected chi connectivity index (χ2v) is 5.67. The number of benzene rings is 2. The average molecular weight is 355 g/mol. The van der Waals surface area contributed by atoms with Crippen LogP contribution in [-0.4, -0.2) is 20.4 Å². The molecule has 2 N–H and O–H groups in total. The van der Waals surface area contributed by atoms with Gasteiger partial charge in [-0.25, -0.2) is 0 Å². The van der Waals surface area contributed by atoms with E-state index in [1.807, 2.05) is 18.2 Å². The van der Waals surface area contributed by atoms with E-state index in [9.17, 15) is 13.2 Å². The molecule has 0 amide bonds.